The van der Waals surface area contributed by atoms with Crippen molar-refractivity contribution in [1.29, 1.82) is 0 Å². The molecule has 0 aliphatic heterocycles. The first-order chi connectivity index (χ1) is 9.75. The molecule has 2 aromatic carbocycles. The summed E-state index contributed by atoms with van der Waals surface area (Å²) in [4.78, 5) is 0. The Labute approximate surface area is 120 Å². The SMILES string of the molecule is CC(O)CCC=Cc1cccc2c1Cc1ccccc1-2. The Morgan fingerprint density at radius 1 is 1.10 bits per heavy atom. The Balaban J connectivity index is 1.86. The van der Waals surface area contributed by atoms with Gasteiger partial charge in [0.05, 0.1) is 6.10 Å². The first kappa shape index (κ1) is 13.1. The van der Waals surface area contributed by atoms with Crippen LogP contribution >= 0.6 is 0 Å². The van der Waals surface area contributed by atoms with Crippen LogP contribution in [0, 0.1) is 0 Å². The lowest BCUT2D eigenvalue weighted by Crippen LogP contribution is -1.96. The summed E-state index contributed by atoms with van der Waals surface area (Å²) >= 11 is 0. The number of aliphatic hydroxyl groups excluding tert-OH is 1. The normalized spacial score (nSPS) is 14.3. The molecule has 0 bridgehead atoms. The second-order valence-corrected chi connectivity index (χ2v) is 5.54. The van der Waals surface area contributed by atoms with Crippen molar-refractivity contribution < 1.29 is 5.11 Å². The summed E-state index contributed by atoms with van der Waals surface area (Å²) in [5.41, 5.74) is 6.92. The topological polar surface area (TPSA) is 20.2 Å². The Bertz CT molecular complexity index is 638. The molecule has 0 radical (unpaired) electrons. The molecule has 1 aliphatic carbocycles. The van der Waals surface area contributed by atoms with Crippen molar-refractivity contribution in [2.45, 2.75) is 32.3 Å². The molecule has 0 spiro atoms. The standard InChI is InChI=1S/C19H20O/c1-14(20)7-2-3-8-15-10-6-12-18-17-11-5-4-9-16(17)13-19(15)18/h3-6,8-12,14,20H,2,7,13H2,1H3. The van der Waals surface area contributed by atoms with Crippen molar-refractivity contribution in [3.8, 4) is 11.1 Å². The van der Waals surface area contributed by atoms with Crippen LogP contribution in [0.2, 0.25) is 0 Å². The van der Waals surface area contributed by atoms with Gasteiger partial charge in [0.2, 0.25) is 0 Å². The molecule has 3 rings (SSSR count). The highest BCUT2D eigenvalue weighted by molar-refractivity contribution is 5.80. The number of rotatable bonds is 4. The Morgan fingerprint density at radius 3 is 2.75 bits per heavy atom. The van der Waals surface area contributed by atoms with Gasteiger partial charge in [-0.05, 0) is 54.0 Å². The zero-order valence-corrected chi connectivity index (χ0v) is 11.8. The van der Waals surface area contributed by atoms with E-state index in [-0.39, 0.29) is 6.10 Å². The lowest BCUT2D eigenvalue weighted by Gasteiger charge is -2.04. The third-order valence-electron chi connectivity index (χ3n) is 3.94. The molecule has 1 N–H and O–H groups in total. The molecule has 0 amide bonds. The molecule has 0 aromatic heterocycles. The number of fused-ring (bicyclic) bond motifs is 3. The van der Waals surface area contributed by atoms with Crippen molar-refractivity contribution in [3.63, 3.8) is 0 Å². The van der Waals surface area contributed by atoms with Crippen molar-refractivity contribution >= 4 is 6.08 Å². The van der Waals surface area contributed by atoms with Crippen LogP contribution in [0.5, 0.6) is 0 Å². The van der Waals surface area contributed by atoms with Crippen molar-refractivity contribution in [2.24, 2.45) is 0 Å². The first-order valence-corrected chi connectivity index (χ1v) is 7.30. The fraction of sp³-hybridized carbons (Fsp3) is 0.263. The largest absolute Gasteiger partial charge is 0.393 e. The van der Waals surface area contributed by atoms with E-state index in [9.17, 15) is 5.11 Å². The molecule has 2 aromatic rings. The maximum Gasteiger partial charge on any atom is 0.0515 e. The highest BCUT2D eigenvalue weighted by Gasteiger charge is 2.19. The molecule has 0 saturated carbocycles. The summed E-state index contributed by atoms with van der Waals surface area (Å²) in [6.07, 6.45) is 6.94. The molecular weight excluding hydrogens is 244 g/mol. The van der Waals surface area contributed by atoms with Gasteiger partial charge in [0.1, 0.15) is 0 Å². The monoisotopic (exact) mass is 264 g/mol. The second-order valence-electron chi connectivity index (χ2n) is 5.54. The van der Waals surface area contributed by atoms with Gasteiger partial charge in [0, 0.05) is 0 Å². The van der Waals surface area contributed by atoms with Gasteiger partial charge in [-0.1, -0.05) is 54.6 Å². The van der Waals surface area contributed by atoms with E-state index in [1.54, 1.807) is 0 Å². The van der Waals surface area contributed by atoms with Gasteiger partial charge in [0.25, 0.3) is 0 Å². The number of benzene rings is 2. The Kier molecular flexibility index (Phi) is 3.70. The number of hydrogen-bond acceptors (Lipinski definition) is 1. The van der Waals surface area contributed by atoms with Gasteiger partial charge in [-0.15, -0.1) is 0 Å². The molecule has 1 nitrogen and oxygen atoms in total. The minimum atomic E-state index is -0.217. The Morgan fingerprint density at radius 2 is 1.90 bits per heavy atom. The quantitative estimate of drug-likeness (QED) is 0.739. The van der Waals surface area contributed by atoms with Crippen molar-refractivity contribution in [2.75, 3.05) is 0 Å². The predicted octanol–water partition coefficient (Wildman–Crippen LogP) is 4.43. The molecule has 0 saturated heterocycles. The van der Waals surface area contributed by atoms with Gasteiger partial charge >= 0.3 is 0 Å². The summed E-state index contributed by atoms with van der Waals surface area (Å²) in [6.45, 7) is 1.84. The van der Waals surface area contributed by atoms with Crippen LogP contribution in [0.25, 0.3) is 17.2 Å². The average molecular weight is 264 g/mol. The molecule has 1 heteroatoms. The molecular formula is C19H20O. The van der Waals surface area contributed by atoms with Crippen LogP contribution in [0.3, 0.4) is 0 Å². The number of hydrogen-bond donors (Lipinski definition) is 1. The molecule has 20 heavy (non-hydrogen) atoms. The highest BCUT2D eigenvalue weighted by Crippen LogP contribution is 2.38. The summed E-state index contributed by atoms with van der Waals surface area (Å²) < 4.78 is 0. The van der Waals surface area contributed by atoms with Gasteiger partial charge < -0.3 is 5.11 Å². The smallest absolute Gasteiger partial charge is 0.0515 e. The average Bonchev–Trinajstić information content (AvgIpc) is 2.83. The molecule has 102 valence electrons. The van der Waals surface area contributed by atoms with Crippen molar-refractivity contribution in [3.05, 3.63) is 65.2 Å². The van der Waals surface area contributed by atoms with Gasteiger partial charge in [-0.3, -0.25) is 0 Å². The van der Waals surface area contributed by atoms with E-state index in [0.717, 1.165) is 19.3 Å². The van der Waals surface area contributed by atoms with Crippen LogP contribution in [-0.2, 0) is 6.42 Å². The minimum absolute atomic E-state index is 0.217. The van der Waals surface area contributed by atoms with Gasteiger partial charge in [-0.25, -0.2) is 0 Å². The predicted molar refractivity (Wildman–Crippen MR) is 84.6 cm³/mol. The molecule has 1 atom stereocenters. The lowest BCUT2D eigenvalue weighted by atomic mass is 10.0. The fourth-order valence-corrected chi connectivity index (χ4v) is 2.89. The molecule has 1 unspecified atom stereocenters. The number of aliphatic hydroxyl groups is 1. The van der Waals surface area contributed by atoms with Crippen LogP contribution in [-0.4, -0.2) is 11.2 Å². The van der Waals surface area contributed by atoms with Crippen LogP contribution in [0.15, 0.2) is 48.5 Å². The maximum atomic E-state index is 9.29. The van der Waals surface area contributed by atoms with E-state index < -0.39 is 0 Å². The second kappa shape index (κ2) is 5.64. The first-order valence-electron chi connectivity index (χ1n) is 7.30. The molecule has 0 heterocycles. The fourth-order valence-electron chi connectivity index (χ4n) is 2.89. The summed E-state index contributed by atoms with van der Waals surface area (Å²) in [5.74, 6) is 0. The number of allylic oxidation sites excluding steroid dienone is 1. The summed E-state index contributed by atoms with van der Waals surface area (Å²) in [7, 11) is 0. The van der Waals surface area contributed by atoms with Crippen LogP contribution in [0.1, 0.15) is 36.5 Å². The van der Waals surface area contributed by atoms with E-state index in [1.807, 2.05) is 6.92 Å². The van der Waals surface area contributed by atoms with Crippen molar-refractivity contribution in [1.82, 2.24) is 0 Å². The maximum absolute atomic E-state index is 9.29. The minimum Gasteiger partial charge on any atom is -0.393 e. The van der Waals surface area contributed by atoms with E-state index in [2.05, 4.69) is 54.6 Å². The third kappa shape index (κ3) is 2.54. The lowest BCUT2D eigenvalue weighted by molar-refractivity contribution is 0.186. The van der Waals surface area contributed by atoms with Crippen LogP contribution in [0.4, 0.5) is 0 Å². The van der Waals surface area contributed by atoms with Gasteiger partial charge in [0.15, 0.2) is 0 Å². The Hall–Kier alpha value is -1.86. The highest BCUT2D eigenvalue weighted by atomic mass is 16.3. The van der Waals surface area contributed by atoms with E-state index in [4.69, 9.17) is 0 Å². The van der Waals surface area contributed by atoms with Crippen LogP contribution < -0.4 is 0 Å². The summed E-state index contributed by atoms with van der Waals surface area (Å²) in [6, 6.07) is 15.2. The van der Waals surface area contributed by atoms with Gasteiger partial charge in [-0.2, -0.15) is 0 Å². The third-order valence-corrected chi connectivity index (χ3v) is 3.94. The van der Waals surface area contributed by atoms with E-state index >= 15 is 0 Å². The van der Waals surface area contributed by atoms with E-state index in [1.165, 1.54) is 27.8 Å². The zero-order chi connectivity index (χ0) is 13.9. The molecule has 0 fully saturated rings. The summed E-state index contributed by atoms with van der Waals surface area (Å²) in [5, 5.41) is 9.29. The zero-order valence-electron chi connectivity index (χ0n) is 11.8. The molecule has 1 aliphatic rings. The van der Waals surface area contributed by atoms with E-state index in [0.29, 0.717) is 0 Å².